The van der Waals surface area contributed by atoms with Gasteiger partial charge < -0.3 is 15.3 Å². The molecule has 23 heavy (non-hydrogen) atoms. The summed E-state index contributed by atoms with van der Waals surface area (Å²) in [7, 11) is 0. The first-order valence-corrected chi connectivity index (χ1v) is 7.57. The number of fused-ring (bicyclic) bond motifs is 1. The number of nitrogens with zero attached hydrogens (tertiary/aromatic N) is 1. The van der Waals surface area contributed by atoms with Gasteiger partial charge in [0.15, 0.2) is 0 Å². The maximum absolute atomic E-state index is 12.5. The van der Waals surface area contributed by atoms with Crippen LogP contribution in [0.2, 0.25) is 10.0 Å². The fourth-order valence-corrected chi connectivity index (χ4v) is 2.71. The number of anilines is 1. The molecular weight excluding hydrogens is 339 g/mol. The Kier molecular flexibility index (Phi) is 4.41. The Balaban J connectivity index is 1.85. The van der Waals surface area contributed by atoms with Crippen LogP contribution in [-0.2, 0) is 11.2 Å². The van der Waals surface area contributed by atoms with Crippen LogP contribution in [0.1, 0.15) is 5.56 Å². The van der Waals surface area contributed by atoms with Gasteiger partial charge in [0.2, 0.25) is 11.8 Å². The first-order valence-electron chi connectivity index (χ1n) is 6.82. The zero-order valence-corrected chi connectivity index (χ0v) is 13.3. The Morgan fingerprint density at radius 2 is 2.04 bits per heavy atom. The number of halogens is 2. The quantitative estimate of drug-likeness (QED) is 0.635. The molecule has 0 fully saturated rings. The molecule has 3 rings (SSSR count). The molecule has 0 radical (unpaired) electrons. The van der Waals surface area contributed by atoms with Gasteiger partial charge in [-0.3, -0.25) is 4.79 Å². The van der Waals surface area contributed by atoms with E-state index in [0.717, 1.165) is 5.56 Å². The molecule has 1 heterocycles. The molecule has 1 aliphatic rings. The number of carbonyl (C=O) groups excluding carboxylic acids is 1. The highest BCUT2D eigenvalue weighted by Crippen LogP contribution is 2.30. The van der Waals surface area contributed by atoms with E-state index in [1.54, 1.807) is 30.3 Å². The molecule has 0 aliphatic carbocycles. The molecule has 0 saturated heterocycles. The number of benzene rings is 2. The van der Waals surface area contributed by atoms with Gasteiger partial charge in [-0.05, 0) is 36.2 Å². The fourth-order valence-electron chi connectivity index (χ4n) is 2.37. The van der Waals surface area contributed by atoms with E-state index in [1.807, 2.05) is 12.1 Å². The van der Waals surface area contributed by atoms with E-state index in [1.165, 1.54) is 0 Å². The standard InChI is InChI=1S/C16H12Cl2N2O3/c17-10-5-6-12(18)13(8-10)19-15(21)11-7-9-3-1-2-4-14(9)23-16(11)20-22/h1-6,8,11,22H,7H2,(H,19,21)/b20-16-. The Labute approximate surface area is 142 Å². The summed E-state index contributed by atoms with van der Waals surface area (Å²) in [4.78, 5) is 12.5. The average molecular weight is 351 g/mol. The van der Waals surface area contributed by atoms with Gasteiger partial charge in [0, 0.05) is 5.02 Å². The zero-order valence-electron chi connectivity index (χ0n) is 11.8. The number of hydrogen-bond acceptors (Lipinski definition) is 4. The second-order valence-electron chi connectivity index (χ2n) is 5.02. The fraction of sp³-hybridized carbons (Fsp3) is 0.125. The lowest BCUT2D eigenvalue weighted by Crippen LogP contribution is -2.37. The number of hydrogen-bond donors (Lipinski definition) is 2. The molecule has 118 valence electrons. The van der Waals surface area contributed by atoms with Crippen molar-refractivity contribution < 1.29 is 14.7 Å². The molecule has 0 spiro atoms. The first kappa shape index (κ1) is 15.6. The van der Waals surface area contributed by atoms with Crippen molar-refractivity contribution in [1.29, 1.82) is 0 Å². The molecule has 5 nitrogen and oxygen atoms in total. The predicted molar refractivity (Wildman–Crippen MR) is 88.6 cm³/mol. The minimum atomic E-state index is -0.759. The number of oxime groups is 1. The van der Waals surface area contributed by atoms with E-state index in [9.17, 15) is 4.79 Å². The molecule has 2 N–H and O–H groups in total. The van der Waals surface area contributed by atoms with Gasteiger partial charge in [-0.25, -0.2) is 0 Å². The smallest absolute Gasteiger partial charge is 0.243 e. The Bertz CT molecular complexity index is 793. The molecule has 0 aromatic heterocycles. The van der Waals surface area contributed by atoms with Crippen molar-refractivity contribution in [2.75, 3.05) is 5.32 Å². The van der Waals surface area contributed by atoms with Crippen molar-refractivity contribution in [2.24, 2.45) is 11.1 Å². The minimum Gasteiger partial charge on any atom is -0.439 e. The second-order valence-corrected chi connectivity index (χ2v) is 5.86. The van der Waals surface area contributed by atoms with Crippen LogP contribution >= 0.6 is 23.2 Å². The molecule has 2 aromatic carbocycles. The zero-order chi connectivity index (χ0) is 16.4. The van der Waals surface area contributed by atoms with Crippen molar-refractivity contribution in [3.63, 3.8) is 0 Å². The molecular formula is C16H12Cl2N2O3. The van der Waals surface area contributed by atoms with E-state index < -0.39 is 11.8 Å². The third-order valence-corrected chi connectivity index (χ3v) is 4.08. The van der Waals surface area contributed by atoms with Gasteiger partial charge >= 0.3 is 0 Å². The second kappa shape index (κ2) is 6.48. The van der Waals surface area contributed by atoms with Gasteiger partial charge in [-0.2, -0.15) is 0 Å². The summed E-state index contributed by atoms with van der Waals surface area (Å²) in [5.41, 5.74) is 1.25. The SMILES string of the molecule is O=C(Nc1cc(Cl)ccc1Cl)C1Cc2ccccc2O/C1=N\O. The predicted octanol–water partition coefficient (Wildman–Crippen LogP) is 3.97. The minimum absolute atomic E-state index is 0.0562. The van der Waals surface area contributed by atoms with Crippen molar-refractivity contribution >= 4 is 40.7 Å². The van der Waals surface area contributed by atoms with Crippen LogP contribution in [0, 0.1) is 5.92 Å². The van der Waals surface area contributed by atoms with E-state index in [-0.39, 0.29) is 5.90 Å². The number of ether oxygens (including phenoxy) is 1. The van der Waals surface area contributed by atoms with Crippen molar-refractivity contribution in [2.45, 2.75) is 6.42 Å². The van der Waals surface area contributed by atoms with Crippen LogP contribution < -0.4 is 10.1 Å². The summed E-state index contributed by atoms with van der Waals surface area (Å²) in [6, 6.07) is 12.0. The van der Waals surface area contributed by atoms with Gasteiger partial charge in [-0.1, -0.05) is 46.6 Å². The summed E-state index contributed by atoms with van der Waals surface area (Å²) in [6.07, 6.45) is 0.361. The monoisotopic (exact) mass is 350 g/mol. The third kappa shape index (κ3) is 3.25. The van der Waals surface area contributed by atoms with E-state index in [2.05, 4.69) is 10.5 Å². The molecule has 1 unspecified atom stereocenters. The van der Waals surface area contributed by atoms with Crippen molar-refractivity contribution in [3.8, 4) is 5.75 Å². The largest absolute Gasteiger partial charge is 0.439 e. The molecule has 0 bridgehead atoms. The molecule has 7 heteroatoms. The summed E-state index contributed by atoms with van der Waals surface area (Å²) in [6.45, 7) is 0. The molecule has 2 aromatic rings. The lowest BCUT2D eigenvalue weighted by molar-refractivity contribution is -0.118. The van der Waals surface area contributed by atoms with Crippen LogP contribution in [0.25, 0.3) is 0 Å². The average Bonchev–Trinajstić information content (AvgIpc) is 2.56. The Hall–Kier alpha value is -2.24. The number of para-hydroxylation sites is 1. The van der Waals surface area contributed by atoms with Crippen LogP contribution in [-0.4, -0.2) is 17.0 Å². The summed E-state index contributed by atoms with van der Waals surface area (Å²) >= 11 is 12.0. The number of nitrogens with one attached hydrogen (secondary N) is 1. The van der Waals surface area contributed by atoms with Crippen LogP contribution in [0.5, 0.6) is 5.75 Å². The lowest BCUT2D eigenvalue weighted by atomic mass is 9.95. The molecule has 1 amide bonds. The molecule has 0 saturated carbocycles. The van der Waals surface area contributed by atoms with E-state index >= 15 is 0 Å². The van der Waals surface area contributed by atoms with E-state index in [0.29, 0.717) is 27.9 Å². The van der Waals surface area contributed by atoms with E-state index in [4.69, 9.17) is 33.1 Å². The molecule has 1 aliphatic heterocycles. The Morgan fingerprint density at radius 1 is 1.26 bits per heavy atom. The highest BCUT2D eigenvalue weighted by molar-refractivity contribution is 6.35. The van der Waals surface area contributed by atoms with Crippen molar-refractivity contribution in [1.82, 2.24) is 0 Å². The summed E-state index contributed by atoms with van der Waals surface area (Å²) < 4.78 is 5.49. The Morgan fingerprint density at radius 3 is 2.83 bits per heavy atom. The number of amides is 1. The van der Waals surface area contributed by atoms with Gasteiger partial charge in [0.05, 0.1) is 10.7 Å². The first-order chi connectivity index (χ1) is 11.1. The van der Waals surface area contributed by atoms with Crippen LogP contribution in [0.3, 0.4) is 0 Å². The highest BCUT2D eigenvalue weighted by atomic mass is 35.5. The summed E-state index contributed by atoms with van der Waals surface area (Å²) in [5.74, 6) is -0.633. The van der Waals surface area contributed by atoms with Gasteiger partial charge in [-0.15, -0.1) is 0 Å². The maximum Gasteiger partial charge on any atom is 0.243 e. The summed E-state index contributed by atoms with van der Waals surface area (Å²) in [5, 5.41) is 15.7. The number of carbonyl (C=O) groups is 1. The van der Waals surface area contributed by atoms with Crippen LogP contribution in [0.15, 0.2) is 47.6 Å². The molecule has 1 atom stereocenters. The van der Waals surface area contributed by atoms with Crippen LogP contribution in [0.4, 0.5) is 5.69 Å². The topological polar surface area (TPSA) is 70.9 Å². The van der Waals surface area contributed by atoms with Gasteiger partial charge in [0.25, 0.3) is 0 Å². The van der Waals surface area contributed by atoms with Crippen molar-refractivity contribution in [3.05, 3.63) is 58.1 Å². The van der Waals surface area contributed by atoms with Gasteiger partial charge in [0.1, 0.15) is 11.7 Å². The normalized spacial score (nSPS) is 18.2. The lowest BCUT2D eigenvalue weighted by Gasteiger charge is -2.24. The highest BCUT2D eigenvalue weighted by Gasteiger charge is 2.33. The number of rotatable bonds is 2. The maximum atomic E-state index is 12.5. The third-order valence-electron chi connectivity index (χ3n) is 3.51.